The summed E-state index contributed by atoms with van der Waals surface area (Å²) in [4.78, 5) is 19.2. The van der Waals surface area contributed by atoms with Crippen molar-refractivity contribution in [3.63, 3.8) is 0 Å². The van der Waals surface area contributed by atoms with E-state index < -0.39 is 0 Å². The Labute approximate surface area is 166 Å². The number of likely N-dealkylation sites (tertiary alicyclic amines) is 1. The lowest BCUT2D eigenvalue weighted by atomic mass is 9.96. The van der Waals surface area contributed by atoms with Crippen LogP contribution in [0.2, 0.25) is 0 Å². The average molecular weight is 383 g/mol. The van der Waals surface area contributed by atoms with Crippen LogP contribution >= 0.6 is 0 Å². The number of carbonyl (C=O) groups excluding carboxylic acids is 1. The van der Waals surface area contributed by atoms with Crippen LogP contribution in [0.4, 0.5) is 5.82 Å². The summed E-state index contributed by atoms with van der Waals surface area (Å²) in [5.41, 5.74) is 0.664. The molecule has 2 aromatic rings. The molecule has 150 valence electrons. The Kier molecular flexibility index (Phi) is 6.21. The van der Waals surface area contributed by atoms with Crippen LogP contribution in [-0.2, 0) is 11.3 Å². The van der Waals surface area contributed by atoms with Gasteiger partial charge in [-0.05, 0) is 55.7 Å². The second kappa shape index (κ2) is 9.19. The normalized spacial score (nSPS) is 20.9. The summed E-state index contributed by atoms with van der Waals surface area (Å²) in [6, 6.07) is 5.74. The van der Waals surface area contributed by atoms with Gasteiger partial charge >= 0.3 is 0 Å². The van der Waals surface area contributed by atoms with Gasteiger partial charge in [0.05, 0.1) is 12.2 Å². The molecular weight excluding hydrogens is 354 g/mol. The highest BCUT2D eigenvalue weighted by Crippen LogP contribution is 2.21. The third-order valence-electron chi connectivity index (χ3n) is 5.74. The minimum atomic E-state index is 0.0808. The first-order valence-electron chi connectivity index (χ1n) is 10.3. The first-order valence-corrected chi connectivity index (χ1v) is 10.3. The highest BCUT2D eigenvalue weighted by atomic mass is 16.5. The van der Waals surface area contributed by atoms with Gasteiger partial charge in [-0.2, -0.15) is 5.10 Å². The minimum Gasteiger partial charge on any atom is -0.381 e. The smallest absolute Gasteiger partial charge is 0.255 e. The zero-order chi connectivity index (χ0) is 19.2. The van der Waals surface area contributed by atoms with E-state index in [2.05, 4.69) is 15.4 Å². The van der Waals surface area contributed by atoms with Crippen molar-refractivity contribution in [3.05, 3.63) is 42.4 Å². The molecule has 4 rings (SSSR count). The van der Waals surface area contributed by atoms with E-state index in [1.807, 2.05) is 40.2 Å². The van der Waals surface area contributed by atoms with Crippen LogP contribution in [0.1, 0.15) is 36.0 Å². The molecule has 0 radical (unpaired) electrons. The van der Waals surface area contributed by atoms with Gasteiger partial charge in [0.1, 0.15) is 5.82 Å². The van der Waals surface area contributed by atoms with Crippen molar-refractivity contribution < 1.29 is 9.53 Å². The number of nitrogens with zero attached hydrogens (tertiary/aromatic N) is 4. The summed E-state index contributed by atoms with van der Waals surface area (Å²) in [5.74, 6) is 2.02. The van der Waals surface area contributed by atoms with Crippen LogP contribution < -0.4 is 5.32 Å². The zero-order valence-corrected chi connectivity index (χ0v) is 16.3. The second-order valence-electron chi connectivity index (χ2n) is 7.86. The predicted molar refractivity (Wildman–Crippen MR) is 107 cm³/mol. The molecule has 0 unspecified atom stereocenters. The lowest BCUT2D eigenvalue weighted by molar-refractivity contribution is 0.0595. The van der Waals surface area contributed by atoms with Gasteiger partial charge in [-0.25, -0.2) is 4.98 Å². The van der Waals surface area contributed by atoms with Crippen molar-refractivity contribution >= 4 is 11.7 Å². The molecule has 2 aliphatic heterocycles. The number of rotatable bonds is 6. The second-order valence-corrected chi connectivity index (χ2v) is 7.86. The highest BCUT2D eigenvalue weighted by Gasteiger charge is 2.24. The number of pyridine rings is 1. The number of hydrogen-bond donors (Lipinski definition) is 1. The first-order chi connectivity index (χ1) is 13.8. The van der Waals surface area contributed by atoms with E-state index in [0.29, 0.717) is 17.4 Å². The van der Waals surface area contributed by atoms with Crippen LogP contribution in [0.25, 0.3) is 0 Å². The number of hydrogen-bond acceptors (Lipinski definition) is 5. The van der Waals surface area contributed by atoms with Crippen LogP contribution in [-0.4, -0.2) is 58.4 Å². The van der Waals surface area contributed by atoms with Crippen LogP contribution in [0.5, 0.6) is 0 Å². The predicted octanol–water partition coefficient (Wildman–Crippen LogP) is 2.67. The Morgan fingerprint density at radius 2 is 2.11 bits per heavy atom. The summed E-state index contributed by atoms with van der Waals surface area (Å²) < 4.78 is 7.49. The van der Waals surface area contributed by atoms with Gasteiger partial charge in [0.15, 0.2) is 0 Å². The first kappa shape index (κ1) is 18.9. The van der Waals surface area contributed by atoms with E-state index in [1.54, 1.807) is 6.20 Å². The Balaban J connectivity index is 1.24. The van der Waals surface area contributed by atoms with Gasteiger partial charge in [-0.15, -0.1) is 0 Å². The third kappa shape index (κ3) is 4.90. The van der Waals surface area contributed by atoms with Gasteiger partial charge in [-0.3, -0.25) is 9.48 Å². The van der Waals surface area contributed by atoms with E-state index >= 15 is 0 Å². The van der Waals surface area contributed by atoms with Crippen molar-refractivity contribution in [3.8, 4) is 0 Å². The van der Waals surface area contributed by atoms with Crippen LogP contribution in [0.3, 0.4) is 0 Å². The molecule has 1 atom stereocenters. The monoisotopic (exact) mass is 383 g/mol. The summed E-state index contributed by atoms with van der Waals surface area (Å²) >= 11 is 0. The fourth-order valence-electron chi connectivity index (χ4n) is 4.02. The average Bonchev–Trinajstić information content (AvgIpc) is 3.26. The van der Waals surface area contributed by atoms with Crippen molar-refractivity contribution in [1.82, 2.24) is 19.7 Å². The highest BCUT2D eigenvalue weighted by molar-refractivity contribution is 5.94. The standard InChI is InChI=1S/C21H29N5O2/c27-21(25-10-6-17(7-11-25)15-26-9-2-8-24-26)19-4-5-20(23-14-19)22-13-18-3-1-12-28-16-18/h2,4-5,8-9,14,17-18H,1,3,6-7,10-13,15-16H2,(H,22,23)/t18-/m1/s1. The third-order valence-corrected chi connectivity index (χ3v) is 5.74. The molecule has 0 spiro atoms. The Hall–Kier alpha value is -2.41. The van der Waals surface area contributed by atoms with Gasteiger partial charge < -0.3 is 15.0 Å². The number of aromatic nitrogens is 3. The van der Waals surface area contributed by atoms with Gasteiger partial charge in [-0.1, -0.05) is 0 Å². The lowest BCUT2D eigenvalue weighted by Crippen LogP contribution is -2.39. The molecule has 1 amide bonds. The molecule has 1 N–H and O–H groups in total. The molecule has 2 aliphatic rings. The summed E-state index contributed by atoms with van der Waals surface area (Å²) in [6.45, 7) is 5.10. The molecule has 2 saturated heterocycles. The fraction of sp³-hybridized carbons (Fsp3) is 0.571. The fourth-order valence-corrected chi connectivity index (χ4v) is 4.02. The topological polar surface area (TPSA) is 72.3 Å². The van der Waals surface area contributed by atoms with Crippen molar-refractivity contribution in [2.75, 3.05) is 38.2 Å². The Morgan fingerprint density at radius 1 is 1.21 bits per heavy atom. The molecule has 0 bridgehead atoms. The maximum atomic E-state index is 12.8. The number of carbonyl (C=O) groups is 1. The van der Waals surface area contributed by atoms with Crippen LogP contribution in [0.15, 0.2) is 36.8 Å². The Morgan fingerprint density at radius 3 is 2.79 bits per heavy atom. The zero-order valence-electron chi connectivity index (χ0n) is 16.3. The lowest BCUT2D eigenvalue weighted by Gasteiger charge is -2.32. The van der Waals surface area contributed by atoms with E-state index in [4.69, 9.17) is 4.74 Å². The SMILES string of the molecule is O=C(c1ccc(NC[C@H]2CCCOC2)nc1)N1CCC(Cn2cccn2)CC1. The summed E-state index contributed by atoms with van der Waals surface area (Å²) in [6.07, 6.45) is 9.86. The molecular formula is C21H29N5O2. The van der Waals surface area contributed by atoms with E-state index in [9.17, 15) is 4.79 Å². The molecule has 28 heavy (non-hydrogen) atoms. The van der Waals surface area contributed by atoms with Gasteiger partial charge in [0, 0.05) is 51.4 Å². The molecule has 0 aromatic carbocycles. The van der Waals surface area contributed by atoms with Crippen LogP contribution in [0, 0.1) is 11.8 Å². The molecule has 0 aliphatic carbocycles. The van der Waals surface area contributed by atoms with Gasteiger partial charge in [0.25, 0.3) is 5.91 Å². The maximum Gasteiger partial charge on any atom is 0.255 e. The maximum absolute atomic E-state index is 12.8. The number of piperidine rings is 1. The van der Waals surface area contributed by atoms with Gasteiger partial charge in [0.2, 0.25) is 0 Å². The van der Waals surface area contributed by atoms with E-state index in [-0.39, 0.29) is 5.91 Å². The summed E-state index contributed by atoms with van der Waals surface area (Å²) in [7, 11) is 0. The van der Waals surface area contributed by atoms with E-state index in [0.717, 1.165) is 64.5 Å². The number of anilines is 1. The molecule has 7 heteroatoms. The largest absolute Gasteiger partial charge is 0.381 e. The molecule has 4 heterocycles. The number of amides is 1. The van der Waals surface area contributed by atoms with Crippen molar-refractivity contribution in [2.45, 2.75) is 32.2 Å². The van der Waals surface area contributed by atoms with Crippen molar-refractivity contribution in [2.24, 2.45) is 11.8 Å². The molecule has 2 fully saturated rings. The molecule has 0 saturated carbocycles. The molecule has 2 aromatic heterocycles. The number of ether oxygens (including phenoxy) is 1. The quantitative estimate of drug-likeness (QED) is 0.830. The minimum absolute atomic E-state index is 0.0808. The van der Waals surface area contributed by atoms with Crippen molar-refractivity contribution in [1.29, 1.82) is 0 Å². The molecule has 7 nitrogen and oxygen atoms in total. The Bertz CT molecular complexity index is 733. The van der Waals surface area contributed by atoms with E-state index in [1.165, 1.54) is 6.42 Å². The summed E-state index contributed by atoms with van der Waals surface area (Å²) in [5, 5.41) is 7.64. The number of nitrogens with one attached hydrogen (secondary N) is 1.